The molecule has 0 bridgehead atoms. The van der Waals surface area contributed by atoms with Crippen molar-refractivity contribution >= 4 is 23.6 Å². The SMILES string of the molecule is CCCC(CC(=O)NC(CCSC)C(=O)O)O[N+](=O)[O-]. The molecular formula is C11H20N2O6S. The van der Waals surface area contributed by atoms with Crippen molar-refractivity contribution in [2.45, 2.75) is 44.8 Å². The summed E-state index contributed by atoms with van der Waals surface area (Å²) < 4.78 is 0. The Morgan fingerprint density at radius 1 is 1.45 bits per heavy atom. The molecule has 2 N–H and O–H groups in total. The number of amides is 1. The van der Waals surface area contributed by atoms with Crippen LogP contribution in [0.4, 0.5) is 0 Å². The number of aliphatic carboxylic acids is 1. The van der Waals surface area contributed by atoms with E-state index in [1.165, 1.54) is 11.8 Å². The zero-order chi connectivity index (χ0) is 15.5. The van der Waals surface area contributed by atoms with Gasteiger partial charge in [-0.25, -0.2) is 4.79 Å². The molecule has 0 fully saturated rings. The summed E-state index contributed by atoms with van der Waals surface area (Å²) >= 11 is 1.48. The summed E-state index contributed by atoms with van der Waals surface area (Å²) in [5, 5.41) is 20.7. The maximum Gasteiger partial charge on any atom is 0.326 e. The lowest BCUT2D eigenvalue weighted by Gasteiger charge is -2.17. The van der Waals surface area contributed by atoms with Crippen LogP contribution in [-0.4, -0.2) is 46.2 Å². The molecule has 0 aliphatic rings. The highest BCUT2D eigenvalue weighted by molar-refractivity contribution is 7.98. The molecule has 0 radical (unpaired) electrons. The predicted molar refractivity (Wildman–Crippen MR) is 74.0 cm³/mol. The number of nitrogens with one attached hydrogen (secondary N) is 1. The maximum absolute atomic E-state index is 11.7. The minimum absolute atomic E-state index is 0.224. The van der Waals surface area contributed by atoms with E-state index in [0.29, 0.717) is 25.0 Å². The van der Waals surface area contributed by atoms with E-state index < -0.39 is 29.1 Å². The third kappa shape index (κ3) is 8.57. The Hall–Kier alpha value is -1.51. The second-order valence-corrected chi connectivity index (χ2v) is 5.17. The van der Waals surface area contributed by atoms with Crippen molar-refractivity contribution < 1.29 is 24.6 Å². The summed E-state index contributed by atoms with van der Waals surface area (Å²) in [5.41, 5.74) is 0. The topological polar surface area (TPSA) is 119 Å². The van der Waals surface area contributed by atoms with Crippen LogP contribution in [0, 0.1) is 10.1 Å². The summed E-state index contributed by atoms with van der Waals surface area (Å²) in [4.78, 5) is 37.4. The third-order valence-corrected chi connectivity index (χ3v) is 3.15. The highest BCUT2D eigenvalue weighted by Crippen LogP contribution is 2.08. The average molecular weight is 308 g/mol. The third-order valence-electron chi connectivity index (χ3n) is 2.50. The monoisotopic (exact) mass is 308 g/mol. The van der Waals surface area contributed by atoms with Gasteiger partial charge in [-0.1, -0.05) is 13.3 Å². The zero-order valence-corrected chi connectivity index (χ0v) is 12.4. The fourth-order valence-corrected chi connectivity index (χ4v) is 2.06. The van der Waals surface area contributed by atoms with Crippen molar-refractivity contribution in [3.05, 3.63) is 10.1 Å². The summed E-state index contributed by atoms with van der Waals surface area (Å²) in [6, 6.07) is -0.979. The van der Waals surface area contributed by atoms with Crippen molar-refractivity contribution in [3.63, 3.8) is 0 Å². The molecule has 0 aromatic rings. The average Bonchev–Trinajstić information content (AvgIpc) is 2.33. The van der Waals surface area contributed by atoms with E-state index >= 15 is 0 Å². The number of rotatable bonds is 11. The molecule has 116 valence electrons. The van der Waals surface area contributed by atoms with Gasteiger partial charge in [-0.2, -0.15) is 11.8 Å². The van der Waals surface area contributed by atoms with Crippen LogP contribution in [0.25, 0.3) is 0 Å². The Labute approximate surface area is 121 Å². The number of carboxylic acid groups (broad SMARTS) is 1. The highest BCUT2D eigenvalue weighted by Gasteiger charge is 2.22. The molecule has 2 unspecified atom stereocenters. The first kappa shape index (κ1) is 18.5. The van der Waals surface area contributed by atoms with E-state index in [9.17, 15) is 19.7 Å². The van der Waals surface area contributed by atoms with Crippen molar-refractivity contribution in [1.29, 1.82) is 0 Å². The zero-order valence-electron chi connectivity index (χ0n) is 11.5. The molecule has 20 heavy (non-hydrogen) atoms. The highest BCUT2D eigenvalue weighted by atomic mass is 32.2. The summed E-state index contributed by atoms with van der Waals surface area (Å²) in [6.45, 7) is 1.81. The van der Waals surface area contributed by atoms with Crippen LogP contribution in [0.2, 0.25) is 0 Å². The van der Waals surface area contributed by atoms with E-state index in [1.54, 1.807) is 0 Å². The number of hydrogen-bond donors (Lipinski definition) is 2. The fraction of sp³-hybridized carbons (Fsp3) is 0.818. The van der Waals surface area contributed by atoms with Gasteiger partial charge in [0.2, 0.25) is 5.91 Å². The van der Waals surface area contributed by atoms with E-state index in [4.69, 9.17) is 5.11 Å². The first-order valence-corrected chi connectivity index (χ1v) is 7.62. The van der Waals surface area contributed by atoms with Crippen molar-refractivity contribution in [1.82, 2.24) is 5.32 Å². The molecule has 0 spiro atoms. The summed E-state index contributed by atoms with van der Waals surface area (Å²) in [5.74, 6) is -1.07. The van der Waals surface area contributed by atoms with Gasteiger partial charge in [0.1, 0.15) is 12.1 Å². The molecule has 0 aromatic heterocycles. The Bertz CT molecular complexity index is 339. The molecule has 8 nitrogen and oxygen atoms in total. The molecule has 0 heterocycles. The predicted octanol–water partition coefficient (Wildman–Crippen LogP) is 1.08. The smallest absolute Gasteiger partial charge is 0.326 e. The second-order valence-electron chi connectivity index (χ2n) is 4.18. The molecular weight excluding hydrogens is 288 g/mol. The molecule has 0 saturated carbocycles. The molecule has 1 amide bonds. The van der Waals surface area contributed by atoms with E-state index in [-0.39, 0.29) is 6.42 Å². The molecule has 9 heteroatoms. The minimum atomic E-state index is -1.12. The Morgan fingerprint density at radius 2 is 2.10 bits per heavy atom. The Balaban J connectivity index is 4.39. The number of carbonyl (C=O) groups is 2. The molecule has 2 atom stereocenters. The van der Waals surface area contributed by atoms with Gasteiger partial charge in [-0.15, -0.1) is 10.1 Å². The van der Waals surface area contributed by atoms with Crippen molar-refractivity contribution in [2.24, 2.45) is 0 Å². The van der Waals surface area contributed by atoms with Crippen LogP contribution in [0.5, 0.6) is 0 Å². The summed E-state index contributed by atoms with van der Waals surface area (Å²) in [6.07, 6.45) is 2.06. The van der Waals surface area contributed by atoms with Crippen LogP contribution in [0.15, 0.2) is 0 Å². The molecule has 0 aromatic carbocycles. The first-order chi connectivity index (χ1) is 9.40. The molecule has 0 saturated heterocycles. The van der Waals surface area contributed by atoms with Crippen molar-refractivity contribution in [2.75, 3.05) is 12.0 Å². The quantitative estimate of drug-likeness (QED) is 0.433. The van der Waals surface area contributed by atoms with Crippen LogP contribution >= 0.6 is 11.8 Å². The van der Waals surface area contributed by atoms with Gasteiger partial charge in [-0.3, -0.25) is 4.79 Å². The summed E-state index contributed by atoms with van der Waals surface area (Å²) in [7, 11) is 0. The standard InChI is InChI=1S/C11H20N2O6S/c1-3-4-8(19-13(17)18)7-10(14)12-9(11(15)16)5-6-20-2/h8-9H,3-7H2,1-2H3,(H,12,14)(H,15,16). The molecule has 0 rings (SSSR count). The minimum Gasteiger partial charge on any atom is -0.480 e. The van der Waals surface area contributed by atoms with Gasteiger partial charge >= 0.3 is 5.97 Å². The van der Waals surface area contributed by atoms with Gasteiger partial charge in [0, 0.05) is 0 Å². The number of nitrogens with zero attached hydrogens (tertiary/aromatic N) is 1. The van der Waals surface area contributed by atoms with Crippen LogP contribution in [0.3, 0.4) is 0 Å². The van der Waals surface area contributed by atoms with Crippen molar-refractivity contribution in [3.8, 4) is 0 Å². The normalized spacial score (nSPS) is 13.3. The van der Waals surface area contributed by atoms with Gasteiger partial charge < -0.3 is 15.3 Å². The van der Waals surface area contributed by atoms with E-state index in [2.05, 4.69) is 10.2 Å². The lowest BCUT2D eigenvalue weighted by atomic mass is 10.1. The van der Waals surface area contributed by atoms with Crippen LogP contribution < -0.4 is 5.32 Å². The molecule has 0 aliphatic heterocycles. The fourth-order valence-electron chi connectivity index (χ4n) is 1.59. The largest absolute Gasteiger partial charge is 0.480 e. The van der Waals surface area contributed by atoms with Gasteiger partial charge in [0.25, 0.3) is 5.09 Å². The van der Waals surface area contributed by atoms with Gasteiger partial charge in [0.15, 0.2) is 0 Å². The van der Waals surface area contributed by atoms with Gasteiger partial charge in [-0.05, 0) is 24.9 Å². The van der Waals surface area contributed by atoms with E-state index in [0.717, 1.165) is 0 Å². The maximum atomic E-state index is 11.7. The Kier molecular flexibility index (Phi) is 9.52. The lowest BCUT2D eigenvalue weighted by molar-refractivity contribution is -0.768. The number of carbonyl (C=O) groups excluding carboxylic acids is 1. The van der Waals surface area contributed by atoms with Crippen LogP contribution in [0.1, 0.15) is 32.6 Å². The second kappa shape index (κ2) is 10.3. The first-order valence-electron chi connectivity index (χ1n) is 6.22. The molecule has 0 aliphatic carbocycles. The lowest BCUT2D eigenvalue weighted by Crippen LogP contribution is -2.42. The Morgan fingerprint density at radius 3 is 2.55 bits per heavy atom. The van der Waals surface area contributed by atoms with E-state index in [1.807, 2.05) is 13.2 Å². The number of hydrogen-bond acceptors (Lipinski definition) is 6. The van der Waals surface area contributed by atoms with Gasteiger partial charge in [0.05, 0.1) is 6.42 Å². The van der Waals surface area contributed by atoms with Crippen LogP contribution in [-0.2, 0) is 14.4 Å². The number of carboxylic acids is 1. The number of thioether (sulfide) groups is 1.